The Balaban J connectivity index is 3.21. The standard InChI is InChI=1S/C13H18N2O5S/c1-13(2,9-16)15(3)21(19,20)11-6-10(7-14-8-11)4-5-12(17)18/h4-8,16H,9H2,1-3H3,(H,17,18)/b5-4+. The van der Waals surface area contributed by atoms with Gasteiger partial charge in [0.15, 0.2) is 0 Å². The number of likely N-dealkylation sites (N-methyl/N-ethyl adjacent to an activating group) is 1. The SMILES string of the molecule is CN(C(C)(C)CO)S(=O)(=O)c1cncc(/C=C/C(=O)O)c1. The first-order valence-electron chi connectivity index (χ1n) is 6.07. The van der Waals surface area contributed by atoms with Crippen LogP contribution in [0.15, 0.2) is 29.4 Å². The number of aliphatic hydroxyl groups excluding tert-OH is 1. The Labute approximate surface area is 123 Å². The minimum Gasteiger partial charge on any atom is -0.478 e. The molecule has 0 aromatic carbocycles. The number of carboxylic acid groups (broad SMARTS) is 1. The molecule has 0 radical (unpaired) electrons. The van der Waals surface area contributed by atoms with Crippen LogP contribution in [-0.2, 0) is 14.8 Å². The number of aliphatic hydroxyl groups is 1. The van der Waals surface area contributed by atoms with E-state index < -0.39 is 21.5 Å². The number of aromatic nitrogens is 1. The highest BCUT2D eigenvalue weighted by Crippen LogP contribution is 2.22. The second-order valence-electron chi connectivity index (χ2n) is 5.07. The van der Waals surface area contributed by atoms with Crippen LogP contribution in [0.4, 0.5) is 0 Å². The van der Waals surface area contributed by atoms with Crippen LogP contribution in [0.25, 0.3) is 6.08 Å². The Morgan fingerprint density at radius 1 is 1.43 bits per heavy atom. The van der Waals surface area contributed by atoms with E-state index in [9.17, 15) is 18.3 Å². The lowest BCUT2D eigenvalue weighted by Crippen LogP contribution is -2.47. The fourth-order valence-corrected chi connectivity index (χ4v) is 2.92. The fraction of sp³-hybridized carbons (Fsp3) is 0.385. The van der Waals surface area contributed by atoms with Crippen molar-refractivity contribution < 1.29 is 23.4 Å². The Bertz CT molecular complexity index is 652. The zero-order valence-electron chi connectivity index (χ0n) is 12.0. The van der Waals surface area contributed by atoms with Crippen LogP contribution in [-0.4, -0.2) is 53.1 Å². The van der Waals surface area contributed by atoms with Crippen LogP contribution in [0, 0.1) is 0 Å². The van der Waals surface area contributed by atoms with Crippen molar-refractivity contribution in [3.63, 3.8) is 0 Å². The maximum absolute atomic E-state index is 12.5. The van der Waals surface area contributed by atoms with Gasteiger partial charge in [0.05, 0.1) is 12.1 Å². The third-order valence-electron chi connectivity index (χ3n) is 3.05. The second kappa shape index (κ2) is 6.33. The molecular weight excluding hydrogens is 296 g/mol. The van der Waals surface area contributed by atoms with Gasteiger partial charge < -0.3 is 10.2 Å². The smallest absolute Gasteiger partial charge is 0.328 e. The summed E-state index contributed by atoms with van der Waals surface area (Å²) in [6, 6.07) is 1.33. The predicted octanol–water partition coefficient (Wildman–Crippen LogP) is 0.571. The summed E-state index contributed by atoms with van der Waals surface area (Å²) in [6.45, 7) is 2.84. The average Bonchev–Trinajstić information content (AvgIpc) is 2.44. The summed E-state index contributed by atoms with van der Waals surface area (Å²) in [6.07, 6.45) is 4.69. The van der Waals surface area contributed by atoms with Crippen molar-refractivity contribution in [1.82, 2.24) is 9.29 Å². The van der Waals surface area contributed by atoms with E-state index >= 15 is 0 Å². The van der Waals surface area contributed by atoms with Crippen LogP contribution in [0.2, 0.25) is 0 Å². The lowest BCUT2D eigenvalue weighted by Gasteiger charge is -2.32. The van der Waals surface area contributed by atoms with Crippen molar-refractivity contribution in [2.45, 2.75) is 24.3 Å². The molecule has 1 rings (SSSR count). The highest BCUT2D eigenvalue weighted by molar-refractivity contribution is 7.89. The van der Waals surface area contributed by atoms with Gasteiger partial charge in [-0.05, 0) is 31.6 Å². The number of pyridine rings is 1. The first-order valence-corrected chi connectivity index (χ1v) is 7.51. The number of hydrogen-bond donors (Lipinski definition) is 2. The molecule has 1 aromatic heterocycles. The Hall–Kier alpha value is -1.77. The number of rotatable bonds is 6. The van der Waals surface area contributed by atoms with Gasteiger partial charge in [0, 0.05) is 25.5 Å². The Kier molecular flexibility index (Phi) is 5.21. The maximum Gasteiger partial charge on any atom is 0.328 e. The number of sulfonamides is 1. The summed E-state index contributed by atoms with van der Waals surface area (Å²) in [5.74, 6) is -1.14. The van der Waals surface area contributed by atoms with E-state index in [1.165, 1.54) is 31.6 Å². The van der Waals surface area contributed by atoms with Gasteiger partial charge in [0.2, 0.25) is 10.0 Å². The third kappa shape index (κ3) is 4.10. The van der Waals surface area contributed by atoms with Crippen molar-refractivity contribution in [3.05, 3.63) is 30.1 Å². The van der Waals surface area contributed by atoms with E-state index in [-0.39, 0.29) is 11.5 Å². The molecule has 0 spiro atoms. The predicted molar refractivity (Wildman–Crippen MR) is 77.0 cm³/mol. The molecule has 0 amide bonds. The number of nitrogens with zero attached hydrogens (tertiary/aromatic N) is 2. The molecule has 0 aliphatic rings. The van der Waals surface area contributed by atoms with Gasteiger partial charge in [-0.2, -0.15) is 4.31 Å². The van der Waals surface area contributed by atoms with Crippen LogP contribution in [0.5, 0.6) is 0 Å². The Morgan fingerprint density at radius 3 is 2.57 bits per heavy atom. The molecule has 0 atom stereocenters. The van der Waals surface area contributed by atoms with E-state index in [0.29, 0.717) is 5.56 Å². The average molecular weight is 314 g/mol. The molecule has 0 saturated carbocycles. The molecule has 0 aliphatic heterocycles. The highest BCUT2D eigenvalue weighted by Gasteiger charge is 2.33. The van der Waals surface area contributed by atoms with Gasteiger partial charge in [-0.1, -0.05) is 0 Å². The molecule has 1 heterocycles. The Morgan fingerprint density at radius 2 is 2.05 bits per heavy atom. The van der Waals surface area contributed by atoms with Crippen molar-refractivity contribution in [2.24, 2.45) is 0 Å². The molecule has 0 unspecified atom stereocenters. The topological polar surface area (TPSA) is 108 Å². The van der Waals surface area contributed by atoms with E-state index in [4.69, 9.17) is 5.11 Å². The largest absolute Gasteiger partial charge is 0.478 e. The van der Waals surface area contributed by atoms with E-state index in [1.807, 2.05) is 0 Å². The summed E-state index contributed by atoms with van der Waals surface area (Å²) >= 11 is 0. The van der Waals surface area contributed by atoms with Crippen molar-refractivity contribution in [2.75, 3.05) is 13.7 Å². The van der Waals surface area contributed by atoms with Crippen molar-refractivity contribution >= 4 is 22.1 Å². The summed E-state index contributed by atoms with van der Waals surface area (Å²) in [5, 5.41) is 17.8. The lowest BCUT2D eigenvalue weighted by molar-refractivity contribution is -0.131. The molecule has 116 valence electrons. The number of carboxylic acids is 1. The first-order chi connectivity index (χ1) is 9.61. The monoisotopic (exact) mass is 314 g/mol. The number of hydrogen-bond acceptors (Lipinski definition) is 5. The molecule has 2 N–H and O–H groups in total. The van der Waals surface area contributed by atoms with Gasteiger partial charge in [0.25, 0.3) is 0 Å². The lowest BCUT2D eigenvalue weighted by atomic mass is 10.1. The molecule has 0 fully saturated rings. The van der Waals surface area contributed by atoms with Gasteiger partial charge in [-0.25, -0.2) is 13.2 Å². The van der Waals surface area contributed by atoms with Crippen LogP contribution in [0.3, 0.4) is 0 Å². The van der Waals surface area contributed by atoms with Gasteiger partial charge in [-0.15, -0.1) is 0 Å². The zero-order valence-corrected chi connectivity index (χ0v) is 12.8. The van der Waals surface area contributed by atoms with Crippen LogP contribution in [0.1, 0.15) is 19.4 Å². The summed E-state index contributed by atoms with van der Waals surface area (Å²) < 4.78 is 26.0. The molecular formula is C13H18N2O5S. The maximum atomic E-state index is 12.5. The quantitative estimate of drug-likeness (QED) is 0.743. The summed E-state index contributed by atoms with van der Waals surface area (Å²) in [4.78, 5) is 14.2. The molecule has 1 aromatic rings. The van der Waals surface area contributed by atoms with E-state index in [1.54, 1.807) is 13.8 Å². The molecule has 21 heavy (non-hydrogen) atoms. The summed E-state index contributed by atoms with van der Waals surface area (Å²) in [7, 11) is -2.47. The number of aliphatic carboxylic acids is 1. The van der Waals surface area contributed by atoms with Crippen molar-refractivity contribution in [3.8, 4) is 0 Å². The van der Waals surface area contributed by atoms with Gasteiger partial charge in [-0.3, -0.25) is 4.98 Å². The molecule has 0 saturated heterocycles. The number of carbonyl (C=O) groups is 1. The molecule has 7 nitrogen and oxygen atoms in total. The normalized spacial score (nSPS) is 13.0. The van der Waals surface area contributed by atoms with Gasteiger partial charge >= 0.3 is 5.97 Å². The van der Waals surface area contributed by atoms with E-state index in [2.05, 4.69) is 4.98 Å². The third-order valence-corrected chi connectivity index (χ3v) is 5.08. The minimum absolute atomic E-state index is 0.0703. The van der Waals surface area contributed by atoms with Gasteiger partial charge in [0.1, 0.15) is 4.90 Å². The zero-order chi connectivity index (χ0) is 16.3. The second-order valence-corrected chi connectivity index (χ2v) is 7.04. The fourth-order valence-electron chi connectivity index (χ4n) is 1.42. The molecule has 0 bridgehead atoms. The van der Waals surface area contributed by atoms with Crippen LogP contribution < -0.4 is 0 Å². The summed E-state index contributed by atoms with van der Waals surface area (Å²) in [5.41, 5.74) is -0.611. The van der Waals surface area contributed by atoms with E-state index in [0.717, 1.165) is 10.4 Å². The highest BCUT2D eigenvalue weighted by atomic mass is 32.2. The first kappa shape index (κ1) is 17.3. The molecule has 0 aliphatic carbocycles. The van der Waals surface area contributed by atoms with Crippen molar-refractivity contribution in [1.29, 1.82) is 0 Å². The molecule has 8 heteroatoms. The minimum atomic E-state index is -3.84. The van der Waals surface area contributed by atoms with Crippen LogP contribution >= 0.6 is 0 Å².